The van der Waals surface area contributed by atoms with Gasteiger partial charge >= 0.3 is 0 Å². The van der Waals surface area contributed by atoms with E-state index in [-0.39, 0.29) is 44.2 Å². The first kappa shape index (κ1) is 33.2. The molecule has 0 saturated carbocycles. The van der Waals surface area contributed by atoms with Crippen molar-refractivity contribution in [3.05, 3.63) is 95.6 Å². The SMILES string of the molecule is CC(=O)Nc1ccc2cc(S(=O)(=O)Nc3ccc4c(c3)S(O)(O)N=C(C3=C(O)c5ccccc5[C@@](C)(CCC(C)C)C3=O)N4)ccc2c1. The molecule has 0 aromatic heterocycles. The molecule has 1 aliphatic carbocycles. The topological polar surface area (TPSA) is 177 Å². The van der Waals surface area contributed by atoms with Gasteiger partial charge in [-0.2, -0.15) is 0 Å². The number of sulfonamides is 1. The van der Waals surface area contributed by atoms with Gasteiger partial charge in [0.1, 0.15) is 16.2 Å². The number of aliphatic hydroxyl groups is 1. The number of benzene rings is 4. The molecular weight excluding hydrogens is 653 g/mol. The molecule has 250 valence electrons. The molecule has 4 aromatic rings. The van der Waals surface area contributed by atoms with Crippen molar-refractivity contribution in [1.82, 2.24) is 0 Å². The van der Waals surface area contributed by atoms with E-state index in [2.05, 4.69) is 33.6 Å². The number of amides is 1. The summed E-state index contributed by atoms with van der Waals surface area (Å²) in [7, 11) is -8.06. The van der Waals surface area contributed by atoms with Gasteiger partial charge in [0.25, 0.3) is 10.0 Å². The number of ketones is 1. The summed E-state index contributed by atoms with van der Waals surface area (Å²) in [5.41, 5.74) is 0.862. The van der Waals surface area contributed by atoms with Crippen LogP contribution in [0.2, 0.25) is 0 Å². The Kier molecular flexibility index (Phi) is 8.36. The summed E-state index contributed by atoms with van der Waals surface area (Å²) in [5, 5.41) is 18.4. The van der Waals surface area contributed by atoms with Crippen molar-refractivity contribution in [2.24, 2.45) is 10.3 Å². The van der Waals surface area contributed by atoms with E-state index in [0.717, 1.165) is 11.8 Å². The maximum atomic E-state index is 14.2. The Bertz CT molecular complexity index is 2180. The van der Waals surface area contributed by atoms with Gasteiger partial charge in [0.2, 0.25) is 5.91 Å². The third kappa shape index (κ3) is 6.05. The molecule has 6 N–H and O–H groups in total. The Morgan fingerprint density at radius 3 is 2.40 bits per heavy atom. The number of nitrogens with zero attached hydrogens (tertiary/aromatic N) is 1. The van der Waals surface area contributed by atoms with E-state index < -0.39 is 32.0 Å². The molecule has 13 heteroatoms. The van der Waals surface area contributed by atoms with Crippen molar-refractivity contribution < 1.29 is 32.2 Å². The van der Waals surface area contributed by atoms with Gasteiger partial charge in [-0.1, -0.05) is 61.0 Å². The second kappa shape index (κ2) is 12.1. The molecule has 0 bridgehead atoms. The van der Waals surface area contributed by atoms with Crippen LogP contribution in [0.25, 0.3) is 16.5 Å². The van der Waals surface area contributed by atoms with Crippen LogP contribution >= 0.6 is 10.8 Å². The first-order chi connectivity index (χ1) is 22.6. The Labute approximate surface area is 280 Å². The second-order valence-corrected chi connectivity index (χ2v) is 16.0. The molecule has 0 radical (unpaired) electrons. The normalized spacial score (nSPS) is 19.2. The average Bonchev–Trinajstić information content (AvgIpc) is 3.02. The third-order valence-electron chi connectivity index (χ3n) is 8.64. The van der Waals surface area contributed by atoms with Crippen LogP contribution in [0.5, 0.6) is 0 Å². The molecule has 2 aliphatic rings. The highest BCUT2D eigenvalue weighted by molar-refractivity contribution is 8.23. The number of anilines is 3. The molecule has 1 amide bonds. The lowest BCUT2D eigenvalue weighted by molar-refractivity contribution is -0.120. The fraction of sp³-hybridized carbons (Fsp3) is 0.229. The van der Waals surface area contributed by atoms with Crippen LogP contribution in [0.1, 0.15) is 51.7 Å². The predicted octanol–water partition coefficient (Wildman–Crippen LogP) is 7.69. The molecule has 0 fully saturated rings. The van der Waals surface area contributed by atoms with E-state index in [4.69, 9.17) is 0 Å². The number of carbonyl (C=O) groups excluding carboxylic acids is 2. The highest BCUT2D eigenvalue weighted by Crippen LogP contribution is 2.57. The molecule has 0 spiro atoms. The van der Waals surface area contributed by atoms with Crippen LogP contribution in [0.4, 0.5) is 17.1 Å². The summed E-state index contributed by atoms with van der Waals surface area (Å²) in [6.07, 6.45) is 1.26. The van der Waals surface area contributed by atoms with Crippen LogP contribution in [0.3, 0.4) is 0 Å². The van der Waals surface area contributed by atoms with Gasteiger partial charge in [0, 0.05) is 18.2 Å². The monoisotopic (exact) mass is 688 g/mol. The molecule has 6 rings (SSSR count). The quantitative estimate of drug-likeness (QED) is 0.109. The van der Waals surface area contributed by atoms with Crippen LogP contribution in [-0.4, -0.2) is 40.2 Å². The molecular formula is C35H36N4O7S2. The van der Waals surface area contributed by atoms with Crippen molar-refractivity contribution in [3.8, 4) is 0 Å². The van der Waals surface area contributed by atoms with E-state index in [9.17, 15) is 32.2 Å². The van der Waals surface area contributed by atoms with E-state index in [0.29, 0.717) is 34.5 Å². The zero-order valence-corrected chi connectivity index (χ0v) is 28.4. The number of nitrogens with one attached hydrogen (secondary N) is 3. The van der Waals surface area contributed by atoms with Crippen molar-refractivity contribution in [2.45, 2.75) is 55.7 Å². The van der Waals surface area contributed by atoms with Gasteiger partial charge in [-0.05, 0) is 84.5 Å². The van der Waals surface area contributed by atoms with Gasteiger partial charge in [0.05, 0.1) is 21.7 Å². The summed E-state index contributed by atoms with van der Waals surface area (Å²) in [4.78, 5) is 25.4. The number of amidine groups is 1. The molecule has 1 heterocycles. The van der Waals surface area contributed by atoms with E-state index in [1.807, 2.05) is 19.1 Å². The van der Waals surface area contributed by atoms with Gasteiger partial charge in [-0.15, -0.1) is 4.40 Å². The molecule has 0 unspecified atom stereocenters. The molecule has 0 saturated heterocycles. The number of hydrogen-bond donors (Lipinski definition) is 6. The van der Waals surface area contributed by atoms with Crippen LogP contribution in [-0.2, 0) is 25.0 Å². The number of fused-ring (bicyclic) bond motifs is 3. The lowest BCUT2D eigenvalue weighted by atomic mass is 9.66. The molecule has 1 aliphatic heterocycles. The van der Waals surface area contributed by atoms with Crippen LogP contribution < -0.4 is 15.4 Å². The van der Waals surface area contributed by atoms with E-state index in [1.54, 1.807) is 36.4 Å². The van der Waals surface area contributed by atoms with E-state index in [1.165, 1.54) is 37.3 Å². The van der Waals surface area contributed by atoms with Gasteiger partial charge in [-0.25, -0.2) is 8.42 Å². The largest absolute Gasteiger partial charge is 0.506 e. The maximum absolute atomic E-state index is 14.2. The summed E-state index contributed by atoms with van der Waals surface area (Å²) >= 11 is 0. The Hall–Kier alpha value is -4.69. The van der Waals surface area contributed by atoms with Crippen molar-refractivity contribution >= 4 is 71.9 Å². The lowest BCUT2D eigenvalue weighted by Gasteiger charge is -2.39. The number of rotatable bonds is 8. The minimum atomic E-state index is -4.11. The first-order valence-corrected chi connectivity index (χ1v) is 18.3. The predicted molar refractivity (Wildman–Crippen MR) is 190 cm³/mol. The fourth-order valence-electron chi connectivity index (χ4n) is 6.09. The number of Topliss-reactive ketones (excluding diaryl/α,β-unsaturated/α-hetero) is 1. The average molecular weight is 689 g/mol. The first-order valence-electron chi connectivity index (χ1n) is 15.3. The molecule has 1 atom stereocenters. The Morgan fingerprint density at radius 1 is 0.979 bits per heavy atom. The third-order valence-corrected chi connectivity index (χ3v) is 11.4. The van der Waals surface area contributed by atoms with Crippen molar-refractivity contribution in [2.75, 3.05) is 15.4 Å². The summed E-state index contributed by atoms with van der Waals surface area (Å²) < 4.78 is 55.8. The van der Waals surface area contributed by atoms with E-state index >= 15 is 0 Å². The summed E-state index contributed by atoms with van der Waals surface area (Å²) in [5.74, 6) is -0.781. The molecule has 4 aromatic carbocycles. The number of aliphatic hydroxyl groups excluding tert-OH is 1. The molecule has 11 nitrogen and oxygen atoms in total. The lowest BCUT2D eigenvalue weighted by Crippen LogP contribution is -2.42. The zero-order chi connectivity index (χ0) is 34.6. The summed E-state index contributed by atoms with van der Waals surface area (Å²) in [6, 6.07) is 21.0. The number of hydrogen-bond acceptors (Lipinski definition) is 9. The second-order valence-electron chi connectivity index (χ2n) is 12.7. The van der Waals surface area contributed by atoms with Crippen LogP contribution in [0, 0.1) is 5.92 Å². The number of carbonyl (C=O) groups is 2. The molecule has 48 heavy (non-hydrogen) atoms. The van der Waals surface area contributed by atoms with Crippen molar-refractivity contribution in [1.29, 1.82) is 0 Å². The van der Waals surface area contributed by atoms with Gasteiger partial charge in [0.15, 0.2) is 11.6 Å². The van der Waals surface area contributed by atoms with Crippen molar-refractivity contribution in [3.63, 3.8) is 0 Å². The zero-order valence-electron chi connectivity index (χ0n) is 26.7. The maximum Gasteiger partial charge on any atom is 0.261 e. The minimum absolute atomic E-state index is 0.0240. The highest BCUT2D eigenvalue weighted by atomic mass is 32.3. The summed E-state index contributed by atoms with van der Waals surface area (Å²) in [6.45, 7) is 7.36. The highest BCUT2D eigenvalue weighted by Gasteiger charge is 2.46. The standard InChI is InChI=1S/C35H36N4O7S2/c1-20(2)15-16-35(4)28-8-6-5-7-27(28)32(41)31(33(35)42)34-37-29-14-12-25(19-30(29)48(45,46)39-34)38-47(43,44)26-13-10-22-17-24(36-21(3)40)11-9-23(22)18-26/h5-14,17-20,38,41,45-46H,15-16H2,1-4H3,(H,36,40)(H,37,39)/t35-/m1/s1. The van der Waals surface area contributed by atoms with Gasteiger partial charge < -0.3 is 15.7 Å². The van der Waals surface area contributed by atoms with Gasteiger partial charge in [-0.3, -0.25) is 23.4 Å². The Morgan fingerprint density at radius 2 is 1.67 bits per heavy atom. The smallest absolute Gasteiger partial charge is 0.261 e. The minimum Gasteiger partial charge on any atom is -0.506 e. The van der Waals surface area contributed by atoms with Crippen LogP contribution in [0.15, 0.2) is 98.6 Å². The Balaban J connectivity index is 1.31. The fourth-order valence-corrected chi connectivity index (χ4v) is 8.37.